The minimum atomic E-state index is -0.0233. The molecule has 0 N–H and O–H groups in total. The number of ether oxygens (including phenoxy) is 3. The topological polar surface area (TPSA) is 48.0 Å². The van der Waals surface area contributed by atoms with Crippen molar-refractivity contribution in [3.05, 3.63) is 53.6 Å². The van der Waals surface area contributed by atoms with Gasteiger partial charge in [-0.3, -0.25) is 4.79 Å². The lowest BCUT2D eigenvalue weighted by Gasteiger charge is -2.29. The lowest BCUT2D eigenvalue weighted by atomic mass is 10.0. The van der Waals surface area contributed by atoms with Crippen LogP contribution in [0.3, 0.4) is 0 Å². The van der Waals surface area contributed by atoms with Crippen molar-refractivity contribution in [2.24, 2.45) is 0 Å². The molecule has 2 aromatic carbocycles. The molecule has 0 heterocycles. The molecule has 1 amide bonds. The average molecular weight is 371 g/mol. The molecule has 0 aromatic heterocycles. The van der Waals surface area contributed by atoms with E-state index in [1.54, 1.807) is 21.3 Å². The third kappa shape index (κ3) is 5.16. The van der Waals surface area contributed by atoms with Gasteiger partial charge in [0.1, 0.15) is 17.2 Å². The highest BCUT2D eigenvalue weighted by Crippen LogP contribution is 2.27. The van der Waals surface area contributed by atoms with Gasteiger partial charge in [-0.25, -0.2) is 0 Å². The fourth-order valence-electron chi connectivity index (χ4n) is 3.21. The summed E-state index contributed by atoms with van der Waals surface area (Å²) in [6.07, 6.45) is 1.01. The van der Waals surface area contributed by atoms with Gasteiger partial charge in [0.05, 0.1) is 27.4 Å². The van der Waals surface area contributed by atoms with Gasteiger partial charge in [0, 0.05) is 13.0 Å². The zero-order chi connectivity index (χ0) is 19.8. The van der Waals surface area contributed by atoms with Gasteiger partial charge in [0.2, 0.25) is 5.91 Å². The average Bonchev–Trinajstić information content (AvgIpc) is 2.72. The predicted molar refractivity (Wildman–Crippen MR) is 107 cm³/mol. The standard InChI is InChI=1S/C22H29NO4/c1-6-23(16(2)17-8-7-9-19(14-17)25-3)22(24)13-10-18-15-20(26-4)11-12-21(18)27-5/h7-9,11-12,14-16H,6,10,13H2,1-5H3. The van der Waals surface area contributed by atoms with Gasteiger partial charge in [-0.1, -0.05) is 12.1 Å². The summed E-state index contributed by atoms with van der Waals surface area (Å²) in [7, 11) is 4.91. The van der Waals surface area contributed by atoms with E-state index in [2.05, 4.69) is 0 Å². The van der Waals surface area contributed by atoms with Gasteiger partial charge >= 0.3 is 0 Å². The molecule has 2 rings (SSSR count). The molecule has 0 aliphatic heterocycles. The van der Waals surface area contributed by atoms with Crippen molar-refractivity contribution in [2.75, 3.05) is 27.9 Å². The normalized spacial score (nSPS) is 11.6. The van der Waals surface area contributed by atoms with Crippen molar-refractivity contribution >= 4 is 5.91 Å². The Bertz CT molecular complexity index is 760. The number of methoxy groups -OCH3 is 3. The molecule has 0 bridgehead atoms. The molecule has 2 aromatic rings. The molecule has 0 saturated carbocycles. The number of aryl methyl sites for hydroxylation is 1. The number of benzene rings is 2. The SMILES string of the molecule is CCN(C(=O)CCc1cc(OC)ccc1OC)C(C)c1cccc(OC)c1. The number of rotatable bonds is 9. The summed E-state index contributed by atoms with van der Waals surface area (Å²) in [6.45, 7) is 4.69. The van der Waals surface area contributed by atoms with Crippen molar-refractivity contribution in [1.82, 2.24) is 4.90 Å². The number of amides is 1. The first-order chi connectivity index (χ1) is 13.0. The van der Waals surface area contributed by atoms with Crippen LogP contribution in [-0.4, -0.2) is 38.7 Å². The molecule has 27 heavy (non-hydrogen) atoms. The molecular weight excluding hydrogens is 342 g/mol. The quantitative estimate of drug-likeness (QED) is 0.661. The third-order valence-corrected chi connectivity index (χ3v) is 4.80. The number of hydrogen-bond donors (Lipinski definition) is 0. The lowest BCUT2D eigenvalue weighted by Crippen LogP contribution is -2.33. The summed E-state index contributed by atoms with van der Waals surface area (Å²) >= 11 is 0. The van der Waals surface area contributed by atoms with Gasteiger partial charge in [0.25, 0.3) is 0 Å². The summed E-state index contributed by atoms with van der Waals surface area (Å²) in [4.78, 5) is 14.8. The Balaban J connectivity index is 2.10. The van der Waals surface area contributed by atoms with E-state index in [1.807, 2.05) is 61.2 Å². The summed E-state index contributed by atoms with van der Waals surface area (Å²) in [5.74, 6) is 2.43. The van der Waals surface area contributed by atoms with Crippen LogP contribution in [0.5, 0.6) is 17.2 Å². The van der Waals surface area contributed by atoms with E-state index in [9.17, 15) is 4.79 Å². The van der Waals surface area contributed by atoms with Crippen LogP contribution in [0, 0.1) is 0 Å². The molecule has 146 valence electrons. The van der Waals surface area contributed by atoms with Crippen molar-refractivity contribution in [2.45, 2.75) is 32.7 Å². The van der Waals surface area contributed by atoms with Crippen LogP contribution in [0.25, 0.3) is 0 Å². The molecule has 0 saturated heterocycles. The summed E-state index contributed by atoms with van der Waals surface area (Å²) < 4.78 is 16.0. The number of hydrogen-bond acceptors (Lipinski definition) is 4. The maximum absolute atomic E-state index is 12.9. The second-order valence-electron chi connectivity index (χ2n) is 6.31. The molecule has 5 nitrogen and oxygen atoms in total. The van der Waals surface area contributed by atoms with E-state index < -0.39 is 0 Å². The fourth-order valence-corrected chi connectivity index (χ4v) is 3.21. The van der Waals surface area contributed by atoms with Crippen molar-refractivity contribution in [1.29, 1.82) is 0 Å². The maximum atomic E-state index is 12.9. The number of carbonyl (C=O) groups excluding carboxylic acids is 1. The van der Waals surface area contributed by atoms with Crippen molar-refractivity contribution in [3.63, 3.8) is 0 Å². The van der Waals surface area contributed by atoms with E-state index in [0.29, 0.717) is 19.4 Å². The highest BCUT2D eigenvalue weighted by Gasteiger charge is 2.20. The second-order valence-corrected chi connectivity index (χ2v) is 6.31. The van der Waals surface area contributed by atoms with Gasteiger partial charge in [-0.15, -0.1) is 0 Å². The smallest absolute Gasteiger partial charge is 0.223 e. The Labute approximate surface area is 161 Å². The van der Waals surface area contributed by atoms with E-state index in [-0.39, 0.29) is 11.9 Å². The van der Waals surface area contributed by atoms with Crippen LogP contribution in [0.1, 0.15) is 37.4 Å². The van der Waals surface area contributed by atoms with Crippen molar-refractivity contribution in [3.8, 4) is 17.2 Å². The Morgan fingerprint density at radius 1 is 1.00 bits per heavy atom. The van der Waals surface area contributed by atoms with E-state index in [0.717, 1.165) is 28.4 Å². The van der Waals surface area contributed by atoms with Crippen LogP contribution < -0.4 is 14.2 Å². The zero-order valence-electron chi connectivity index (χ0n) is 16.8. The molecular formula is C22H29NO4. The highest BCUT2D eigenvalue weighted by atomic mass is 16.5. The monoisotopic (exact) mass is 371 g/mol. The molecule has 5 heteroatoms. The Kier molecular flexibility index (Phi) is 7.53. The Morgan fingerprint density at radius 3 is 2.33 bits per heavy atom. The first kappa shape index (κ1) is 20.6. The van der Waals surface area contributed by atoms with Crippen LogP contribution in [0.2, 0.25) is 0 Å². The Morgan fingerprint density at radius 2 is 1.70 bits per heavy atom. The molecule has 0 aliphatic rings. The van der Waals surface area contributed by atoms with E-state index in [1.165, 1.54) is 0 Å². The highest BCUT2D eigenvalue weighted by molar-refractivity contribution is 5.77. The molecule has 1 atom stereocenters. The van der Waals surface area contributed by atoms with E-state index in [4.69, 9.17) is 14.2 Å². The summed E-state index contributed by atoms with van der Waals surface area (Å²) in [5, 5.41) is 0. The van der Waals surface area contributed by atoms with E-state index >= 15 is 0 Å². The molecule has 0 aliphatic carbocycles. The number of carbonyl (C=O) groups is 1. The minimum absolute atomic E-state index is 0.0233. The van der Waals surface area contributed by atoms with Crippen LogP contribution in [0.15, 0.2) is 42.5 Å². The largest absolute Gasteiger partial charge is 0.497 e. The maximum Gasteiger partial charge on any atom is 0.223 e. The van der Waals surface area contributed by atoms with Gasteiger partial charge in [-0.2, -0.15) is 0 Å². The van der Waals surface area contributed by atoms with Crippen molar-refractivity contribution < 1.29 is 19.0 Å². The first-order valence-electron chi connectivity index (χ1n) is 9.18. The molecule has 0 fully saturated rings. The predicted octanol–water partition coefficient (Wildman–Crippen LogP) is 4.25. The fraction of sp³-hybridized carbons (Fsp3) is 0.409. The van der Waals surface area contributed by atoms with Gasteiger partial charge < -0.3 is 19.1 Å². The van der Waals surface area contributed by atoms with Gasteiger partial charge in [-0.05, 0) is 61.7 Å². The summed E-state index contributed by atoms with van der Waals surface area (Å²) in [5.41, 5.74) is 2.03. The van der Waals surface area contributed by atoms with Gasteiger partial charge in [0.15, 0.2) is 0 Å². The van der Waals surface area contributed by atoms with Crippen LogP contribution in [-0.2, 0) is 11.2 Å². The second kappa shape index (κ2) is 9.86. The molecule has 0 radical (unpaired) electrons. The molecule has 0 spiro atoms. The van der Waals surface area contributed by atoms with Crippen LogP contribution in [0.4, 0.5) is 0 Å². The minimum Gasteiger partial charge on any atom is -0.497 e. The third-order valence-electron chi connectivity index (χ3n) is 4.80. The lowest BCUT2D eigenvalue weighted by molar-refractivity contribution is -0.133. The summed E-state index contributed by atoms with van der Waals surface area (Å²) in [6, 6.07) is 13.5. The number of nitrogens with zero attached hydrogens (tertiary/aromatic N) is 1. The molecule has 1 unspecified atom stereocenters. The Hall–Kier alpha value is -2.69. The zero-order valence-corrected chi connectivity index (χ0v) is 16.8. The first-order valence-corrected chi connectivity index (χ1v) is 9.18. The van der Waals surface area contributed by atoms with Crippen LogP contribution >= 0.6 is 0 Å².